The van der Waals surface area contributed by atoms with Crippen LogP contribution in [0.2, 0.25) is 5.15 Å². The second-order valence-electron chi connectivity index (χ2n) is 7.52. The van der Waals surface area contributed by atoms with Crippen LogP contribution < -0.4 is 11.1 Å². The maximum absolute atomic E-state index is 6.20. The predicted octanol–water partition coefficient (Wildman–Crippen LogP) is 3.91. The third kappa shape index (κ3) is 4.27. The number of benzene rings is 1. The van der Waals surface area contributed by atoms with E-state index in [9.17, 15) is 0 Å². The molecule has 1 saturated heterocycles. The average molecular weight is 372 g/mol. The van der Waals surface area contributed by atoms with E-state index < -0.39 is 0 Å². The van der Waals surface area contributed by atoms with Crippen molar-refractivity contribution in [2.45, 2.75) is 38.1 Å². The maximum Gasteiger partial charge on any atom is 0.157 e. The molecule has 5 nitrogen and oxygen atoms in total. The monoisotopic (exact) mass is 371 g/mol. The molecule has 2 aliphatic rings. The lowest BCUT2D eigenvalue weighted by Gasteiger charge is -2.33. The first kappa shape index (κ1) is 17.6. The molecule has 1 aliphatic heterocycles. The summed E-state index contributed by atoms with van der Waals surface area (Å²) in [6, 6.07) is 10.7. The molecule has 1 aliphatic carbocycles. The molecule has 4 rings (SSSR count). The zero-order chi connectivity index (χ0) is 17.9. The SMILES string of the molecule is Nc1c(Cl)nc(C2CC2)nc1NCC1CCCN(Cc2ccccc2)C1. The van der Waals surface area contributed by atoms with Gasteiger partial charge in [0.15, 0.2) is 11.0 Å². The Labute approximate surface area is 160 Å². The van der Waals surface area contributed by atoms with Crippen LogP contribution in [0.4, 0.5) is 11.5 Å². The molecule has 3 N–H and O–H groups in total. The van der Waals surface area contributed by atoms with Crippen LogP contribution in [0, 0.1) is 5.92 Å². The van der Waals surface area contributed by atoms with Crippen LogP contribution in [-0.4, -0.2) is 34.5 Å². The van der Waals surface area contributed by atoms with E-state index >= 15 is 0 Å². The third-order valence-corrected chi connectivity index (χ3v) is 5.56. The topological polar surface area (TPSA) is 67.1 Å². The van der Waals surface area contributed by atoms with Gasteiger partial charge in [-0.3, -0.25) is 4.90 Å². The number of nitrogen functional groups attached to an aromatic ring is 1. The average Bonchev–Trinajstić information content (AvgIpc) is 3.49. The Morgan fingerprint density at radius 1 is 1.15 bits per heavy atom. The first-order valence-corrected chi connectivity index (χ1v) is 9.90. The minimum absolute atomic E-state index is 0.374. The number of hydrogen-bond donors (Lipinski definition) is 2. The highest BCUT2D eigenvalue weighted by Crippen LogP contribution is 2.40. The van der Waals surface area contributed by atoms with E-state index in [1.165, 1.54) is 24.9 Å². The number of nitrogens with one attached hydrogen (secondary N) is 1. The zero-order valence-electron chi connectivity index (χ0n) is 15.0. The minimum Gasteiger partial charge on any atom is -0.393 e. The van der Waals surface area contributed by atoms with Crippen LogP contribution in [-0.2, 0) is 6.54 Å². The fourth-order valence-electron chi connectivity index (χ4n) is 3.66. The minimum atomic E-state index is 0.374. The first-order chi connectivity index (χ1) is 12.7. The van der Waals surface area contributed by atoms with Gasteiger partial charge in [-0.1, -0.05) is 41.9 Å². The lowest BCUT2D eigenvalue weighted by Crippen LogP contribution is -2.37. The van der Waals surface area contributed by atoms with E-state index in [0.29, 0.717) is 28.5 Å². The number of halogens is 1. The first-order valence-electron chi connectivity index (χ1n) is 9.52. The Morgan fingerprint density at radius 2 is 1.96 bits per heavy atom. The van der Waals surface area contributed by atoms with Gasteiger partial charge < -0.3 is 11.1 Å². The molecule has 1 unspecified atom stereocenters. The number of nitrogens with two attached hydrogens (primary N) is 1. The van der Waals surface area contributed by atoms with Gasteiger partial charge in [0.2, 0.25) is 0 Å². The summed E-state index contributed by atoms with van der Waals surface area (Å²) in [6.07, 6.45) is 4.76. The van der Waals surface area contributed by atoms with E-state index in [4.69, 9.17) is 17.3 Å². The molecule has 0 bridgehead atoms. The summed E-state index contributed by atoms with van der Waals surface area (Å²) < 4.78 is 0. The summed E-state index contributed by atoms with van der Waals surface area (Å²) in [4.78, 5) is 11.5. The van der Waals surface area contributed by atoms with Crippen molar-refractivity contribution in [1.82, 2.24) is 14.9 Å². The van der Waals surface area contributed by atoms with Crippen LogP contribution >= 0.6 is 11.6 Å². The van der Waals surface area contributed by atoms with Crippen LogP contribution in [0.1, 0.15) is 43.0 Å². The quantitative estimate of drug-likeness (QED) is 0.753. The Morgan fingerprint density at radius 3 is 2.73 bits per heavy atom. The van der Waals surface area contributed by atoms with Crippen LogP contribution in [0.15, 0.2) is 30.3 Å². The molecule has 2 aromatic rings. The van der Waals surface area contributed by atoms with E-state index in [-0.39, 0.29) is 0 Å². The summed E-state index contributed by atoms with van der Waals surface area (Å²) in [7, 11) is 0. The Balaban J connectivity index is 1.35. The molecule has 1 aromatic heterocycles. The zero-order valence-corrected chi connectivity index (χ0v) is 15.8. The van der Waals surface area contributed by atoms with E-state index in [1.807, 2.05) is 0 Å². The number of anilines is 2. The highest BCUT2D eigenvalue weighted by molar-refractivity contribution is 6.32. The van der Waals surface area contributed by atoms with Crippen LogP contribution in [0.5, 0.6) is 0 Å². The van der Waals surface area contributed by atoms with Crippen molar-refractivity contribution in [3.8, 4) is 0 Å². The third-order valence-electron chi connectivity index (χ3n) is 5.27. The van der Waals surface area contributed by atoms with Gasteiger partial charge in [-0.15, -0.1) is 0 Å². The van der Waals surface area contributed by atoms with Crippen molar-refractivity contribution in [3.63, 3.8) is 0 Å². The van der Waals surface area contributed by atoms with Gasteiger partial charge in [-0.05, 0) is 43.7 Å². The van der Waals surface area contributed by atoms with Gasteiger partial charge >= 0.3 is 0 Å². The number of piperidine rings is 1. The van der Waals surface area contributed by atoms with Crippen LogP contribution in [0.25, 0.3) is 0 Å². The fourth-order valence-corrected chi connectivity index (χ4v) is 3.84. The molecule has 1 atom stereocenters. The van der Waals surface area contributed by atoms with Crippen molar-refractivity contribution >= 4 is 23.1 Å². The second kappa shape index (κ2) is 7.80. The number of rotatable bonds is 6. The molecule has 26 heavy (non-hydrogen) atoms. The summed E-state index contributed by atoms with van der Waals surface area (Å²) in [5, 5.41) is 3.82. The Hall–Kier alpha value is -1.85. The largest absolute Gasteiger partial charge is 0.393 e. The van der Waals surface area contributed by atoms with Gasteiger partial charge in [0.25, 0.3) is 0 Å². The molecule has 138 valence electrons. The number of likely N-dealkylation sites (tertiary alicyclic amines) is 1. The molecule has 6 heteroatoms. The second-order valence-corrected chi connectivity index (χ2v) is 7.88. The maximum atomic E-state index is 6.20. The molecule has 0 spiro atoms. The van der Waals surface area contributed by atoms with Crippen molar-refractivity contribution < 1.29 is 0 Å². The molecular formula is C20H26ClN5. The van der Waals surface area contributed by atoms with Gasteiger partial charge in [-0.2, -0.15) is 0 Å². The lowest BCUT2D eigenvalue weighted by atomic mass is 9.97. The molecule has 0 radical (unpaired) electrons. The van der Waals surface area contributed by atoms with Gasteiger partial charge in [0.1, 0.15) is 11.5 Å². The van der Waals surface area contributed by atoms with E-state index in [0.717, 1.165) is 38.3 Å². The van der Waals surface area contributed by atoms with Crippen molar-refractivity contribution in [2.75, 3.05) is 30.7 Å². The Kier molecular flexibility index (Phi) is 5.27. The smallest absolute Gasteiger partial charge is 0.157 e. The number of nitrogens with zero attached hydrogens (tertiary/aromatic N) is 3. The van der Waals surface area contributed by atoms with Gasteiger partial charge in [0.05, 0.1) is 0 Å². The van der Waals surface area contributed by atoms with Gasteiger partial charge in [-0.25, -0.2) is 9.97 Å². The van der Waals surface area contributed by atoms with Gasteiger partial charge in [0, 0.05) is 25.6 Å². The fraction of sp³-hybridized carbons (Fsp3) is 0.500. The van der Waals surface area contributed by atoms with E-state index in [1.54, 1.807) is 0 Å². The standard InChI is InChI=1S/C20H26ClN5/c21-18-17(22)20(25-19(24-18)16-8-9-16)23-11-15-7-4-10-26(13-15)12-14-5-2-1-3-6-14/h1-3,5-6,15-16H,4,7-13,22H2,(H,23,24,25). The predicted molar refractivity (Wildman–Crippen MR) is 106 cm³/mol. The molecule has 1 aromatic carbocycles. The number of hydrogen-bond acceptors (Lipinski definition) is 5. The van der Waals surface area contributed by atoms with E-state index in [2.05, 4.69) is 50.5 Å². The van der Waals surface area contributed by atoms with Crippen molar-refractivity contribution in [3.05, 3.63) is 46.9 Å². The molecule has 2 heterocycles. The summed E-state index contributed by atoms with van der Waals surface area (Å²) in [6.45, 7) is 4.15. The molecule has 0 amide bonds. The summed E-state index contributed by atoms with van der Waals surface area (Å²) in [5.41, 5.74) is 7.93. The summed E-state index contributed by atoms with van der Waals surface area (Å²) >= 11 is 6.20. The number of aromatic nitrogens is 2. The molecule has 2 fully saturated rings. The highest BCUT2D eigenvalue weighted by Gasteiger charge is 2.28. The van der Waals surface area contributed by atoms with Crippen LogP contribution in [0.3, 0.4) is 0 Å². The highest BCUT2D eigenvalue weighted by atomic mass is 35.5. The Bertz CT molecular complexity index is 747. The lowest BCUT2D eigenvalue weighted by molar-refractivity contribution is 0.173. The summed E-state index contributed by atoms with van der Waals surface area (Å²) in [5.74, 6) is 2.59. The normalized spacial score (nSPS) is 20.9. The van der Waals surface area contributed by atoms with Crippen molar-refractivity contribution in [1.29, 1.82) is 0 Å². The molecular weight excluding hydrogens is 346 g/mol. The van der Waals surface area contributed by atoms with Crippen molar-refractivity contribution in [2.24, 2.45) is 5.92 Å². The molecule has 1 saturated carbocycles.